The quantitative estimate of drug-likeness (QED) is 0.154. The molecule has 0 aliphatic rings. The summed E-state index contributed by atoms with van der Waals surface area (Å²) >= 11 is 0. The zero-order chi connectivity index (χ0) is 23.3. The van der Waals surface area contributed by atoms with Gasteiger partial charge in [-0.1, -0.05) is 73.1 Å². The highest BCUT2D eigenvalue weighted by Crippen LogP contribution is 2.49. The van der Waals surface area contributed by atoms with Crippen LogP contribution in [0.1, 0.15) is 98.8 Å². The Morgan fingerprint density at radius 3 is 1.37 bits per heavy atom. The second kappa shape index (κ2) is 21.1. The van der Waals surface area contributed by atoms with Crippen LogP contribution in [0, 0.1) is 5.92 Å². The van der Waals surface area contributed by atoms with E-state index in [2.05, 4.69) is 32.2 Å². The van der Waals surface area contributed by atoms with Crippen molar-refractivity contribution in [3.05, 3.63) is 0 Å². The van der Waals surface area contributed by atoms with Crippen LogP contribution in [0.15, 0.2) is 0 Å². The van der Waals surface area contributed by atoms with Crippen LogP contribution in [0.5, 0.6) is 0 Å². The summed E-state index contributed by atoms with van der Waals surface area (Å²) < 4.78 is 42.8. The van der Waals surface area contributed by atoms with Gasteiger partial charge in [-0.2, -0.15) is 0 Å². The molecule has 0 aromatic carbocycles. The van der Waals surface area contributed by atoms with Gasteiger partial charge in [0.2, 0.25) is 0 Å². The van der Waals surface area contributed by atoms with Crippen molar-refractivity contribution in [3.8, 4) is 0 Å². The molecule has 2 N–H and O–H groups in total. The fourth-order valence-corrected chi connectivity index (χ4v) is 3.86. The molecule has 0 heterocycles. The van der Waals surface area contributed by atoms with Gasteiger partial charge < -0.3 is 9.79 Å². The van der Waals surface area contributed by atoms with E-state index in [0.29, 0.717) is 19.8 Å². The summed E-state index contributed by atoms with van der Waals surface area (Å²) in [7, 11) is -7.57. The fraction of sp³-hybridized carbons (Fsp3) is 1.00. The van der Waals surface area contributed by atoms with E-state index in [-0.39, 0.29) is 12.5 Å². The van der Waals surface area contributed by atoms with E-state index < -0.39 is 15.6 Å². The molecule has 1 unspecified atom stereocenters. The Balaban J connectivity index is 0. The number of unbranched alkanes of at least 4 members (excludes halogenated alkanes) is 4. The average Bonchev–Trinajstić information content (AvgIpc) is 2.69. The molecule has 0 spiro atoms. The maximum Gasteiger partial charge on any atom is 0.474 e. The third-order valence-electron chi connectivity index (χ3n) is 4.26. The second-order valence-electron chi connectivity index (χ2n) is 7.21. The predicted octanol–water partition coefficient (Wildman–Crippen LogP) is 6.86. The van der Waals surface area contributed by atoms with Gasteiger partial charge in [0.05, 0.1) is 26.4 Å². The smallest absolute Gasteiger partial charge is 0.303 e. The zero-order valence-corrected chi connectivity index (χ0v) is 21.5. The van der Waals surface area contributed by atoms with E-state index >= 15 is 0 Å². The third-order valence-corrected chi connectivity index (χ3v) is 6.25. The van der Waals surface area contributed by atoms with Gasteiger partial charge in [-0.3, -0.25) is 18.1 Å². The van der Waals surface area contributed by atoms with Crippen molar-refractivity contribution in [2.75, 3.05) is 26.4 Å². The largest absolute Gasteiger partial charge is 0.474 e. The minimum Gasteiger partial charge on any atom is -0.303 e. The normalized spacial score (nSPS) is 13.0. The van der Waals surface area contributed by atoms with Crippen LogP contribution in [0.25, 0.3) is 0 Å². The maximum absolute atomic E-state index is 12.2. The zero-order valence-electron chi connectivity index (χ0n) is 19.7. The van der Waals surface area contributed by atoms with Gasteiger partial charge in [0.15, 0.2) is 0 Å². The molecule has 0 fully saturated rings. The molecule has 0 saturated heterocycles. The van der Waals surface area contributed by atoms with Gasteiger partial charge in [-0.05, 0) is 31.6 Å². The van der Waals surface area contributed by atoms with E-state index in [0.717, 1.165) is 64.2 Å². The van der Waals surface area contributed by atoms with Crippen LogP contribution in [0.2, 0.25) is 0 Å². The minimum absolute atomic E-state index is 0.167. The van der Waals surface area contributed by atoms with Crippen molar-refractivity contribution in [2.45, 2.75) is 98.8 Å². The lowest BCUT2D eigenvalue weighted by Crippen LogP contribution is -2.07. The Bertz CT molecular complexity index is 423. The van der Waals surface area contributed by atoms with E-state index in [9.17, 15) is 9.13 Å². The summed E-state index contributed by atoms with van der Waals surface area (Å²) in [5, 5.41) is 0. The highest BCUT2D eigenvalue weighted by Gasteiger charge is 2.25. The lowest BCUT2D eigenvalue weighted by molar-refractivity contribution is 0.110. The van der Waals surface area contributed by atoms with Crippen molar-refractivity contribution >= 4 is 15.6 Å². The molecule has 184 valence electrons. The number of rotatable bonds is 19. The van der Waals surface area contributed by atoms with Crippen molar-refractivity contribution < 1.29 is 37.0 Å². The number of phosphoric acid groups is 2. The van der Waals surface area contributed by atoms with Crippen molar-refractivity contribution in [1.29, 1.82) is 0 Å². The van der Waals surface area contributed by atoms with Crippen LogP contribution in [0.4, 0.5) is 0 Å². The molecule has 1 atom stereocenters. The van der Waals surface area contributed by atoms with Crippen molar-refractivity contribution in [2.24, 2.45) is 5.92 Å². The molecule has 0 radical (unpaired) electrons. The number of hydrogen-bond donors (Lipinski definition) is 2. The molecular weight excluding hydrogens is 430 g/mol. The van der Waals surface area contributed by atoms with Gasteiger partial charge in [0.1, 0.15) is 0 Å². The summed E-state index contributed by atoms with van der Waals surface area (Å²) in [6.45, 7) is 11.8. The monoisotopic (exact) mass is 476 g/mol. The first-order chi connectivity index (χ1) is 14.2. The number of hydrogen-bond acceptors (Lipinski definition) is 6. The predicted molar refractivity (Wildman–Crippen MR) is 121 cm³/mol. The topological polar surface area (TPSA) is 112 Å². The average molecular weight is 477 g/mol. The van der Waals surface area contributed by atoms with Gasteiger partial charge in [-0.25, -0.2) is 9.13 Å². The molecule has 30 heavy (non-hydrogen) atoms. The van der Waals surface area contributed by atoms with Gasteiger partial charge in [0.25, 0.3) is 0 Å². The summed E-state index contributed by atoms with van der Waals surface area (Å²) in [6, 6.07) is 0. The summed E-state index contributed by atoms with van der Waals surface area (Å²) in [5.41, 5.74) is 0. The van der Waals surface area contributed by atoms with Crippen LogP contribution in [-0.2, 0) is 27.2 Å². The third kappa shape index (κ3) is 22.9. The first-order valence-electron chi connectivity index (χ1n) is 11.4. The number of phosphoric ester groups is 2. The molecule has 0 aromatic heterocycles. The Morgan fingerprint density at radius 1 is 0.667 bits per heavy atom. The van der Waals surface area contributed by atoms with Crippen molar-refractivity contribution in [3.63, 3.8) is 0 Å². The van der Waals surface area contributed by atoms with E-state index in [4.69, 9.17) is 23.4 Å². The van der Waals surface area contributed by atoms with E-state index in [1.165, 1.54) is 0 Å². The molecule has 0 aliphatic carbocycles. The summed E-state index contributed by atoms with van der Waals surface area (Å²) in [5.74, 6) is 0.271. The lowest BCUT2D eigenvalue weighted by atomic mass is 10.0. The summed E-state index contributed by atoms with van der Waals surface area (Å²) in [6.07, 6.45) is 9.70. The molecule has 0 aromatic rings. The summed E-state index contributed by atoms with van der Waals surface area (Å²) in [4.78, 5) is 17.0. The standard InChI is InChI=1S/C12H27O4P.C8H19O4P/c1-4-7-10-14-17(13,15-11-8-5-2)16-12-9-6-3;1-3-5-6-8(4-2)7-12-13(9,10)11/h4-12H2,1-3H3;8H,3-7H2,1-2H3,(H2,9,10,11). The Hall–Kier alpha value is 0.220. The molecule has 0 saturated carbocycles. The maximum atomic E-state index is 12.2. The van der Waals surface area contributed by atoms with Crippen LogP contribution in [-0.4, -0.2) is 36.2 Å². The lowest BCUT2D eigenvalue weighted by Gasteiger charge is -2.17. The van der Waals surface area contributed by atoms with Crippen molar-refractivity contribution in [1.82, 2.24) is 0 Å². The first kappa shape index (κ1) is 32.4. The van der Waals surface area contributed by atoms with Gasteiger partial charge in [-0.15, -0.1) is 0 Å². The highest BCUT2D eigenvalue weighted by atomic mass is 31.2. The minimum atomic E-state index is -4.26. The first-order valence-corrected chi connectivity index (χ1v) is 14.4. The molecule has 0 amide bonds. The fourth-order valence-electron chi connectivity index (χ4n) is 2.17. The molecule has 0 aliphatic heterocycles. The van der Waals surface area contributed by atoms with Crippen LogP contribution < -0.4 is 0 Å². The molecule has 0 bridgehead atoms. The molecule has 0 rings (SSSR count). The molecule has 8 nitrogen and oxygen atoms in total. The Labute approximate surface area is 184 Å². The van der Waals surface area contributed by atoms with Gasteiger partial charge >= 0.3 is 15.6 Å². The molecule has 10 heteroatoms. The SMILES string of the molecule is CCCCC(CC)COP(=O)(O)O.CCCCOP(=O)(OCCCC)OCCCC. The Morgan fingerprint density at radius 2 is 1.07 bits per heavy atom. The highest BCUT2D eigenvalue weighted by molar-refractivity contribution is 7.48. The molecular formula is C20H46O8P2. The van der Waals surface area contributed by atoms with E-state index in [1.54, 1.807) is 0 Å². The van der Waals surface area contributed by atoms with Gasteiger partial charge in [0, 0.05) is 0 Å². The van der Waals surface area contributed by atoms with Crippen LogP contribution >= 0.6 is 15.6 Å². The van der Waals surface area contributed by atoms with Crippen LogP contribution in [0.3, 0.4) is 0 Å². The Kier molecular flexibility index (Phi) is 22.8. The second-order valence-corrected chi connectivity index (χ2v) is 10.1. The van der Waals surface area contributed by atoms with E-state index in [1.807, 2.05) is 6.92 Å².